The standard InChI is InChI=1S/C30H25F4N3O2/c1-17-12-21(15-36-28(17)39-16-30(33,34)29(31)32)18(2)37-27(38)20-10-11-35-26(14-20)24-9-5-8-23-22-7-4-3-6-19(22)13-25(23)24/h3-12,14-15,18,29H,13,16H2,1-2H3,(H,37,38). The number of nitrogens with one attached hydrogen (secondary N) is 1. The van der Waals surface area contributed by atoms with E-state index >= 15 is 0 Å². The van der Waals surface area contributed by atoms with Crippen LogP contribution in [0, 0.1) is 6.92 Å². The van der Waals surface area contributed by atoms with Crippen molar-refractivity contribution in [1.29, 1.82) is 0 Å². The van der Waals surface area contributed by atoms with Gasteiger partial charge in [0.1, 0.15) is 0 Å². The number of hydrogen-bond donors (Lipinski definition) is 1. The number of fused-ring (bicyclic) bond motifs is 3. The minimum atomic E-state index is -4.28. The van der Waals surface area contributed by atoms with Crippen molar-refractivity contribution in [3.63, 3.8) is 0 Å². The van der Waals surface area contributed by atoms with Gasteiger partial charge in [-0.15, -0.1) is 0 Å². The first-order valence-corrected chi connectivity index (χ1v) is 12.4. The van der Waals surface area contributed by atoms with Crippen LogP contribution < -0.4 is 10.1 Å². The zero-order valence-corrected chi connectivity index (χ0v) is 21.2. The maximum Gasteiger partial charge on any atom is 0.340 e. The van der Waals surface area contributed by atoms with E-state index in [0.29, 0.717) is 22.4 Å². The molecular weight excluding hydrogens is 510 g/mol. The summed E-state index contributed by atoms with van der Waals surface area (Å²) in [5, 5.41) is 2.91. The molecule has 39 heavy (non-hydrogen) atoms. The van der Waals surface area contributed by atoms with Crippen molar-refractivity contribution in [3.05, 3.63) is 101 Å². The Bertz CT molecular complexity index is 1540. The summed E-state index contributed by atoms with van der Waals surface area (Å²) in [6.45, 7) is 1.83. The zero-order chi connectivity index (χ0) is 27.7. The molecule has 0 saturated carbocycles. The number of ether oxygens (including phenoxy) is 1. The maximum absolute atomic E-state index is 13.2. The maximum atomic E-state index is 13.2. The van der Waals surface area contributed by atoms with Crippen LogP contribution in [0.2, 0.25) is 0 Å². The molecule has 1 unspecified atom stereocenters. The summed E-state index contributed by atoms with van der Waals surface area (Å²) in [5.74, 6) is -4.77. The summed E-state index contributed by atoms with van der Waals surface area (Å²) < 4.78 is 56.0. The number of carbonyl (C=O) groups is 1. The van der Waals surface area contributed by atoms with E-state index in [1.54, 1.807) is 38.2 Å². The highest BCUT2D eigenvalue weighted by Crippen LogP contribution is 2.41. The molecule has 200 valence electrons. The summed E-state index contributed by atoms with van der Waals surface area (Å²) in [6, 6.07) is 18.9. The number of aryl methyl sites for hydroxylation is 1. The van der Waals surface area contributed by atoms with E-state index < -0.39 is 25.0 Å². The van der Waals surface area contributed by atoms with Crippen LogP contribution in [0.5, 0.6) is 5.88 Å². The number of carbonyl (C=O) groups excluding carboxylic acids is 1. The predicted molar refractivity (Wildman–Crippen MR) is 139 cm³/mol. The van der Waals surface area contributed by atoms with Crippen LogP contribution in [0.15, 0.2) is 73.1 Å². The molecule has 5 rings (SSSR count). The Hall–Kier alpha value is -4.27. The Labute approximate surface area is 222 Å². The summed E-state index contributed by atoms with van der Waals surface area (Å²) >= 11 is 0. The molecule has 1 atom stereocenters. The third kappa shape index (κ3) is 5.34. The van der Waals surface area contributed by atoms with Crippen LogP contribution in [-0.2, 0) is 6.42 Å². The van der Waals surface area contributed by atoms with Crippen molar-refractivity contribution in [1.82, 2.24) is 15.3 Å². The summed E-state index contributed by atoms with van der Waals surface area (Å²) in [4.78, 5) is 21.6. The van der Waals surface area contributed by atoms with Crippen LogP contribution in [-0.4, -0.2) is 34.8 Å². The van der Waals surface area contributed by atoms with Crippen LogP contribution in [0.1, 0.15) is 45.6 Å². The van der Waals surface area contributed by atoms with Gasteiger partial charge in [-0.3, -0.25) is 9.78 Å². The van der Waals surface area contributed by atoms with E-state index in [-0.39, 0.29) is 11.8 Å². The molecule has 0 aliphatic heterocycles. The average Bonchev–Trinajstić information content (AvgIpc) is 3.31. The number of pyridine rings is 2. The number of alkyl halides is 4. The van der Waals surface area contributed by atoms with Crippen molar-refractivity contribution in [2.24, 2.45) is 0 Å². The quantitative estimate of drug-likeness (QED) is 0.222. The summed E-state index contributed by atoms with van der Waals surface area (Å²) in [6.07, 6.45) is -0.0805. The second kappa shape index (κ2) is 10.5. The van der Waals surface area contributed by atoms with E-state index in [1.807, 2.05) is 24.3 Å². The van der Waals surface area contributed by atoms with E-state index in [9.17, 15) is 22.4 Å². The molecule has 4 aromatic rings. The SMILES string of the molecule is Cc1cc(C(C)NC(=O)c2ccnc(-c3cccc4c3Cc3ccccc3-4)c2)cnc1OCC(F)(F)C(F)F. The number of amides is 1. The smallest absolute Gasteiger partial charge is 0.340 e. The molecule has 2 aromatic carbocycles. The lowest BCUT2D eigenvalue weighted by molar-refractivity contribution is -0.148. The number of nitrogens with zero attached hydrogens (tertiary/aromatic N) is 2. The molecule has 0 spiro atoms. The Kier molecular flexibility index (Phi) is 7.08. The first-order chi connectivity index (χ1) is 18.6. The number of benzene rings is 2. The molecule has 0 bridgehead atoms. The van der Waals surface area contributed by atoms with Gasteiger partial charge in [-0.2, -0.15) is 8.78 Å². The molecule has 0 radical (unpaired) electrons. The Morgan fingerprint density at radius 1 is 1.03 bits per heavy atom. The van der Waals surface area contributed by atoms with Crippen LogP contribution in [0.25, 0.3) is 22.4 Å². The van der Waals surface area contributed by atoms with Gasteiger partial charge < -0.3 is 10.1 Å². The second-order valence-electron chi connectivity index (χ2n) is 9.53. The topological polar surface area (TPSA) is 64.1 Å². The molecule has 2 aromatic heterocycles. The third-order valence-electron chi connectivity index (χ3n) is 6.77. The van der Waals surface area contributed by atoms with Gasteiger partial charge in [-0.1, -0.05) is 42.5 Å². The summed E-state index contributed by atoms with van der Waals surface area (Å²) in [7, 11) is 0. The van der Waals surface area contributed by atoms with Crippen LogP contribution in [0.4, 0.5) is 17.6 Å². The van der Waals surface area contributed by atoms with Gasteiger partial charge in [-0.05, 0) is 66.3 Å². The normalized spacial score (nSPS) is 13.1. The highest BCUT2D eigenvalue weighted by Gasteiger charge is 2.42. The molecule has 1 aliphatic carbocycles. The number of rotatable bonds is 8. The van der Waals surface area contributed by atoms with Gasteiger partial charge in [-0.25, -0.2) is 13.8 Å². The fraction of sp³-hybridized carbons (Fsp3) is 0.233. The molecule has 1 N–H and O–H groups in total. The van der Waals surface area contributed by atoms with Gasteiger partial charge in [0.2, 0.25) is 5.88 Å². The molecule has 1 amide bonds. The molecule has 0 fully saturated rings. The lowest BCUT2D eigenvalue weighted by Gasteiger charge is -2.18. The number of hydrogen-bond acceptors (Lipinski definition) is 4. The Morgan fingerprint density at radius 2 is 1.77 bits per heavy atom. The van der Waals surface area contributed by atoms with Gasteiger partial charge in [0, 0.05) is 29.1 Å². The fourth-order valence-electron chi connectivity index (χ4n) is 4.68. The second-order valence-corrected chi connectivity index (χ2v) is 9.53. The molecular formula is C30H25F4N3O2. The first-order valence-electron chi connectivity index (χ1n) is 12.4. The van der Waals surface area contributed by atoms with Crippen molar-refractivity contribution < 1.29 is 27.1 Å². The van der Waals surface area contributed by atoms with Crippen LogP contribution >= 0.6 is 0 Å². The molecule has 5 nitrogen and oxygen atoms in total. The van der Waals surface area contributed by atoms with Crippen molar-refractivity contribution in [2.45, 2.75) is 38.7 Å². The van der Waals surface area contributed by atoms with Gasteiger partial charge >= 0.3 is 12.3 Å². The minimum absolute atomic E-state index is 0.172. The largest absolute Gasteiger partial charge is 0.471 e. The number of aromatic nitrogens is 2. The van der Waals surface area contributed by atoms with Gasteiger partial charge in [0.15, 0.2) is 6.61 Å². The highest BCUT2D eigenvalue weighted by molar-refractivity contribution is 5.95. The van der Waals surface area contributed by atoms with E-state index in [2.05, 4.69) is 33.5 Å². The minimum Gasteiger partial charge on any atom is -0.471 e. The van der Waals surface area contributed by atoms with Gasteiger partial charge in [0.25, 0.3) is 5.91 Å². The summed E-state index contributed by atoms with van der Waals surface area (Å²) in [5.41, 5.74) is 7.88. The third-order valence-corrected chi connectivity index (χ3v) is 6.77. The Balaban J connectivity index is 1.30. The fourth-order valence-corrected chi connectivity index (χ4v) is 4.68. The van der Waals surface area contributed by atoms with E-state index in [4.69, 9.17) is 4.74 Å². The molecule has 0 saturated heterocycles. The average molecular weight is 536 g/mol. The van der Waals surface area contributed by atoms with Crippen molar-refractivity contribution in [2.75, 3.05) is 6.61 Å². The van der Waals surface area contributed by atoms with Crippen molar-refractivity contribution in [3.8, 4) is 28.3 Å². The molecule has 9 heteroatoms. The zero-order valence-electron chi connectivity index (χ0n) is 21.2. The lowest BCUT2D eigenvalue weighted by atomic mass is 9.98. The monoisotopic (exact) mass is 535 g/mol. The van der Waals surface area contributed by atoms with Crippen molar-refractivity contribution >= 4 is 5.91 Å². The molecule has 2 heterocycles. The predicted octanol–water partition coefficient (Wildman–Crippen LogP) is 6.79. The highest BCUT2D eigenvalue weighted by atomic mass is 19.3. The first kappa shape index (κ1) is 26.3. The van der Waals surface area contributed by atoms with Gasteiger partial charge in [0.05, 0.1) is 11.7 Å². The Morgan fingerprint density at radius 3 is 2.54 bits per heavy atom. The van der Waals surface area contributed by atoms with Crippen LogP contribution in [0.3, 0.4) is 0 Å². The molecule has 1 aliphatic rings. The number of halogens is 4. The van der Waals surface area contributed by atoms with E-state index in [1.165, 1.54) is 28.5 Å². The van der Waals surface area contributed by atoms with E-state index in [0.717, 1.165) is 12.0 Å². The lowest BCUT2D eigenvalue weighted by Crippen LogP contribution is -2.34.